The minimum Gasteiger partial charge on any atom is -0.382 e. The summed E-state index contributed by atoms with van der Waals surface area (Å²) in [5, 5.41) is 3.62. The van der Waals surface area contributed by atoms with Crippen molar-refractivity contribution in [2.45, 2.75) is 71.0 Å². The van der Waals surface area contributed by atoms with Crippen LogP contribution in [0.2, 0.25) is 0 Å². The fourth-order valence-corrected chi connectivity index (χ4v) is 3.71. The van der Waals surface area contributed by atoms with Crippen molar-refractivity contribution in [3.8, 4) is 0 Å². The molecular weight excluding hydrogens is 334 g/mol. The van der Waals surface area contributed by atoms with Gasteiger partial charge in [0.25, 0.3) is 5.91 Å². The Kier molecular flexibility index (Phi) is 6.86. The SMILES string of the molecule is CC(C)N(Cc1ccccc1)C(=O)c1cc(NC2CCCCCC2)ccn1. The lowest BCUT2D eigenvalue weighted by molar-refractivity contribution is 0.0684. The molecule has 0 unspecified atom stereocenters. The second-order valence-electron chi connectivity index (χ2n) is 7.77. The third-order valence-corrected chi connectivity index (χ3v) is 5.28. The first-order chi connectivity index (χ1) is 13.1. The van der Waals surface area contributed by atoms with Crippen LogP contribution in [-0.2, 0) is 6.54 Å². The highest BCUT2D eigenvalue weighted by Crippen LogP contribution is 2.22. The van der Waals surface area contributed by atoms with Crippen LogP contribution in [0.4, 0.5) is 5.69 Å². The molecule has 0 saturated heterocycles. The van der Waals surface area contributed by atoms with Gasteiger partial charge in [-0.2, -0.15) is 0 Å². The second kappa shape index (κ2) is 9.54. The van der Waals surface area contributed by atoms with Gasteiger partial charge in [0.05, 0.1) is 0 Å². The van der Waals surface area contributed by atoms with Gasteiger partial charge in [-0.3, -0.25) is 9.78 Å². The Bertz CT molecular complexity index is 721. The van der Waals surface area contributed by atoms with Crippen molar-refractivity contribution in [2.75, 3.05) is 5.32 Å². The number of aromatic nitrogens is 1. The molecule has 144 valence electrons. The Morgan fingerprint density at radius 2 is 1.81 bits per heavy atom. The predicted molar refractivity (Wildman–Crippen MR) is 111 cm³/mol. The zero-order valence-electron chi connectivity index (χ0n) is 16.5. The van der Waals surface area contributed by atoms with Crippen molar-refractivity contribution in [1.29, 1.82) is 0 Å². The molecule has 0 bridgehead atoms. The summed E-state index contributed by atoms with van der Waals surface area (Å²) in [6.45, 7) is 4.70. The topological polar surface area (TPSA) is 45.2 Å². The highest BCUT2D eigenvalue weighted by atomic mass is 16.2. The lowest BCUT2D eigenvalue weighted by atomic mass is 10.1. The van der Waals surface area contributed by atoms with Crippen molar-refractivity contribution in [3.05, 3.63) is 59.9 Å². The first kappa shape index (κ1) is 19.4. The van der Waals surface area contributed by atoms with Crippen LogP contribution in [0.3, 0.4) is 0 Å². The molecule has 1 heterocycles. The number of rotatable bonds is 6. The van der Waals surface area contributed by atoms with Gasteiger partial charge in [-0.15, -0.1) is 0 Å². The maximum atomic E-state index is 13.1. The Morgan fingerprint density at radius 1 is 1.11 bits per heavy atom. The summed E-state index contributed by atoms with van der Waals surface area (Å²) in [5.41, 5.74) is 2.65. The van der Waals surface area contributed by atoms with Gasteiger partial charge in [-0.05, 0) is 44.4 Å². The second-order valence-corrected chi connectivity index (χ2v) is 7.77. The summed E-state index contributed by atoms with van der Waals surface area (Å²) >= 11 is 0. The molecule has 0 atom stereocenters. The third kappa shape index (κ3) is 5.56. The molecule has 0 radical (unpaired) electrons. The highest BCUT2D eigenvalue weighted by molar-refractivity contribution is 5.93. The normalized spacial score (nSPS) is 15.4. The van der Waals surface area contributed by atoms with Gasteiger partial charge in [-0.1, -0.05) is 56.0 Å². The summed E-state index contributed by atoms with van der Waals surface area (Å²) in [6, 6.07) is 14.6. The number of pyridine rings is 1. The molecule has 1 aromatic heterocycles. The number of carbonyl (C=O) groups excluding carboxylic acids is 1. The summed E-state index contributed by atoms with van der Waals surface area (Å²) in [4.78, 5) is 19.4. The van der Waals surface area contributed by atoms with Gasteiger partial charge in [0, 0.05) is 30.5 Å². The molecule has 27 heavy (non-hydrogen) atoms. The fraction of sp³-hybridized carbons (Fsp3) is 0.478. The van der Waals surface area contributed by atoms with Crippen molar-refractivity contribution in [1.82, 2.24) is 9.88 Å². The van der Waals surface area contributed by atoms with Crippen molar-refractivity contribution >= 4 is 11.6 Å². The molecule has 2 aromatic rings. The van der Waals surface area contributed by atoms with Gasteiger partial charge >= 0.3 is 0 Å². The number of nitrogens with one attached hydrogen (secondary N) is 1. The van der Waals surface area contributed by atoms with E-state index in [0.717, 1.165) is 11.3 Å². The molecule has 3 rings (SSSR count). The molecule has 1 aromatic carbocycles. The molecule has 4 heteroatoms. The molecule has 1 N–H and O–H groups in total. The molecule has 1 saturated carbocycles. The number of anilines is 1. The molecule has 0 spiro atoms. The molecule has 1 fully saturated rings. The van der Waals surface area contributed by atoms with Crippen molar-refractivity contribution in [2.24, 2.45) is 0 Å². The van der Waals surface area contributed by atoms with Gasteiger partial charge in [0.15, 0.2) is 0 Å². The van der Waals surface area contributed by atoms with Crippen LogP contribution in [0.5, 0.6) is 0 Å². The van der Waals surface area contributed by atoms with Crippen LogP contribution in [0, 0.1) is 0 Å². The Hall–Kier alpha value is -2.36. The average Bonchev–Trinajstić information content (AvgIpc) is 2.95. The van der Waals surface area contributed by atoms with E-state index in [9.17, 15) is 4.79 Å². The maximum Gasteiger partial charge on any atom is 0.273 e. The minimum absolute atomic E-state index is 0.0154. The van der Waals surface area contributed by atoms with Gasteiger partial charge in [0.1, 0.15) is 5.69 Å². The molecule has 4 nitrogen and oxygen atoms in total. The van der Waals surface area contributed by atoms with Gasteiger partial charge in [0.2, 0.25) is 0 Å². The Balaban J connectivity index is 1.72. The summed E-state index contributed by atoms with van der Waals surface area (Å²) in [6.07, 6.45) is 9.39. The number of hydrogen-bond acceptors (Lipinski definition) is 3. The maximum absolute atomic E-state index is 13.1. The summed E-state index contributed by atoms with van der Waals surface area (Å²) in [7, 11) is 0. The van der Waals surface area contributed by atoms with Crippen LogP contribution < -0.4 is 5.32 Å². The van der Waals surface area contributed by atoms with Crippen LogP contribution in [0.15, 0.2) is 48.7 Å². The van der Waals surface area contributed by atoms with E-state index in [1.54, 1.807) is 6.20 Å². The Labute approximate surface area is 163 Å². The third-order valence-electron chi connectivity index (χ3n) is 5.28. The lowest BCUT2D eigenvalue weighted by Gasteiger charge is -2.27. The van der Waals surface area contributed by atoms with Crippen molar-refractivity contribution in [3.63, 3.8) is 0 Å². The van der Waals surface area contributed by atoms with E-state index in [2.05, 4.69) is 36.3 Å². The summed E-state index contributed by atoms with van der Waals surface area (Å²) in [5.74, 6) is -0.0154. The van der Waals surface area contributed by atoms with E-state index in [-0.39, 0.29) is 11.9 Å². The number of nitrogens with zero attached hydrogens (tertiary/aromatic N) is 2. The zero-order valence-corrected chi connectivity index (χ0v) is 16.5. The number of carbonyl (C=O) groups is 1. The van der Waals surface area contributed by atoms with Crippen LogP contribution >= 0.6 is 0 Å². The number of amides is 1. The number of hydrogen-bond donors (Lipinski definition) is 1. The van der Waals surface area contributed by atoms with Crippen LogP contribution in [0.1, 0.15) is 68.4 Å². The van der Waals surface area contributed by atoms with Crippen molar-refractivity contribution < 1.29 is 4.79 Å². The van der Waals surface area contributed by atoms with E-state index in [1.807, 2.05) is 35.2 Å². The largest absolute Gasteiger partial charge is 0.382 e. The molecule has 0 aliphatic heterocycles. The van der Waals surface area contributed by atoms with E-state index in [0.29, 0.717) is 18.3 Å². The van der Waals surface area contributed by atoms with E-state index < -0.39 is 0 Å². The molecule has 1 aliphatic rings. The van der Waals surface area contributed by atoms with E-state index in [1.165, 1.54) is 38.5 Å². The van der Waals surface area contributed by atoms with Crippen LogP contribution in [0.25, 0.3) is 0 Å². The summed E-state index contributed by atoms with van der Waals surface area (Å²) < 4.78 is 0. The quantitative estimate of drug-likeness (QED) is 0.710. The zero-order chi connectivity index (χ0) is 19.1. The van der Waals surface area contributed by atoms with E-state index in [4.69, 9.17) is 0 Å². The molecule has 1 aliphatic carbocycles. The number of benzene rings is 1. The fourth-order valence-electron chi connectivity index (χ4n) is 3.71. The standard InChI is InChI=1S/C23H31N3O/c1-18(2)26(17-19-10-6-5-7-11-19)23(27)22-16-21(14-15-24-22)25-20-12-8-3-4-9-13-20/h5-7,10-11,14-16,18,20H,3-4,8-9,12-13,17H2,1-2H3,(H,24,25). The Morgan fingerprint density at radius 3 is 2.48 bits per heavy atom. The molecular formula is C23H31N3O. The van der Waals surface area contributed by atoms with Gasteiger partial charge < -0.3 is 10.2 Å². The smallest absolute Gasteiger partial charge is 0.273 e. The molecule has 1 amide bonds. The minimum atomic E-state index is -0.0154. The highest BCUT2D eigenvalue weighted by Gasteiger charge is 2.21. The van der Waals surface area contributed by atoms with E-state index >= 15 is 0 Å². The predicted octanol–water partition coefficient (Wildman–Crippen LogP) is 5.27. The lowest BCUT2D eigenvalue weighted by Crippen LogP contribution is -2.36. The van der Waals surface area contributed by atoms with Crippen LogP contribution in [-0.4, -0.2) is 27.9 Å². The first-order valence-corrected chi connectivity index (χ1v) is 10.2. The van der Waals surface area contributed by atoms with Gasteiger partial charge in [-0.25, -0.2) is 0 Å². The monoisotopic (exact) mass is 365 g/mol. The first-order valence-electron chi connectivity index (χ1n) is 10.2. The average molecular weight is 366 g/mol.